The van der Waals surface area contributed by atoms with Gasteiger partial charge in [-0.25, -0.2) is 37.6 Å². The van der Waals surface area contributed by atoms with Crippen LogP contribution in [-0.2, 0) is 68.9 Å². The number of H-pyrrole nitrogens is 2. The predicted octanol–water partition coefficient (Wildman–Crippen LogP) is -2.63. The molecule has 0 saturated carbocycles. The van der Waals surface area contributed by atoms with Crippen LogP contribution in [0.4, 0.5) is 17.6 Å². The Hall–Kier alpha value is -5.57. The molecule has 4 saturated heterocycles. The zero-order valence-corrected chi connectivity index (χ0v) is 45.1. The quantitative estimate of drug-likeness (QED) is 0.0316. The first kappa shape index (κ1) is 60.0. The number of fused-ring (bicyclic) bond motifs is 1. The van der Waals surface area contributed by atoms with Crippen molar-refractivity contribution in [3.8, 4) is 0 Å². The fourth-order valence-electron chi connectivity index (χ4n) is 9.07. The molecule has 3 unspecified atom stereocenters. The number of nitrogen functional groups attached to an aromatic ring is 3. The highest BCUT2D eigenvalue weighted by molar-refractivity contribution is 7.48. The molecule has 5 aromatic rings. The Morgan fingerprint density at radius 1 is 0.593 bits per heavy atom. The number of phosphoric ester groups is 4. The highest BCUT2D eigenvalue weighted by Gasteiger charge is 2.49. The van der Waals surface area contributed by atoms with Crippen LogP contribution < -0.4 is 45.4 Å². The molecule has 4 aliphatic rings. The molecule has 0 aromatic carbocycles. The topological polar surface area (TPSA) is 557 Å². The van der Waals surface area contributed by atoms with E-state index in [0.717, 1.165) is 26.1 Å². The molecule has 0 aliphatic carbocycles. The average molecular weight is 1230 g/mol. The Morgan fingerprint density at radius 2 is 1.01 bits per heavy atom. The number of nitrogens with two attached hydrogens (primary N) is 3. The van der Waals surface area contributed by atoms with E-state index in [-0.39, 0.29) is 40.7 Å². The van der Waals surface area contributed by atoms with Crippen molar-refractivity contribution < 1.29 is 98.4 Å². The maximum absolute atomic E-state index is 13.9. The first-order valence-electron chi connectivity index (χ1n) is 23.7. The number of aliphatic hydroxyl groups is 1. The van der Waals surface area contributed by atoms with E-state index in [1.54, 1.807) is 0 Å². The summed E-state index contributed by atoms with van der Waals surface area (Å²) in [6, 6.07) is 2.43. The van der Waals surface area contributed by atoms with E-state index in [2.05, 4.69) is 29.9 Å². The minimum absolute atomic E-state index is 0.0169. The maximum atomic E-state index is 13.9. The number of aryl methyl sites for hydroxylation is 1. The zero-order chi connectivity index (χ0) is 58.5. The van der Waals surface area contributed by atoms with Crippen LogP contribution in [0.1, 0.15) is 56.2 Å². The lowest BCUT2D eigenvalue weighted by Crippen LogP contribution is -2.33. The van der Waals surface area contributed by atoms with E-state index in [1.807, 2.05) is 0 Å². The smallest absolute Gasteiger partial charge is 0.394 e. The van der Waals surface area contributed by atoms with Crippen LogP contribution in [0.5, 0.6) is 0 Å². The molecular weight excluding hydrogens is 1180 g/mol. The Bertz CT molecular complexity index is 3670. The van der Waals surface area contributed by atoms with Crippen molar-refractivity contribution in [1.82, 2.24) is 48.2 Å². The fraction of sp³-hybridized carbons (Fsp3) is 0.553. The second-order valence-corrected chi connectivity index (χ2v) is 23.7. The second-order valence-electron chi connectivity index (χ2n) is 18.3. The summed E-state index contributed by atoms with van der Waals surface area (Å²) >= 11 is 0. The van der Waals surface area contributed by atoms with E-state index in [9.17, 15) is 71.8 Å². The number of hydrogen-bond donors (Lipinski definition) is 11. The second kappa shape index (κ2) is 23.6. The fourth-order valence-corrected chi connectivity index (χ4v) is 12.5. The normalized spacial score (nSPS) is 29.2. The van der Waals surface area contributed by atoms with E-state index < -0.39 is 179 Å². The largest absolute Gasteiger partial charge is 0.472 e. The lowest BCUT2D eigenvalue weighted by Gasteiger charge is -2.25. The summed E-state index contributed by atoms with van der Waals surface area (Å²) in [4.78, 5) is 135. The molecule has 15 atom stereocenters. The third kappa shape index (κ3) is 14.3. The molecule has 14 N–H and O–H groups in total. The summed E-state index contributed by atoms with van der Waals surface area (Å²) in [5.74, 6) is -0.605. The van der Waals surface area contributed by atoms with Gasteiger partial charge >= 0.3 is 48.4 Å². The number of aliphatic hydroxyl groups excluding tert-OH is 1. The highest BCUT2D eigenvalue weighted by Crippen LogP contribution is 2.54. The van der Waals surface area contributed by atoms with Crippen LogP contribution in [-0.4, -0.2) is 153 Å². The molecule has 5 aromatic heterocycles. The van der Waals surface area contributed by atoms with Crippen molar-refractivity contribution in [2.75, 3.05) is 43.6 Å². The number of rotatable bonds is 22. The van der Waals surface area contributed by atoms with Crippen molar-refractivity contribution in [3.63, 3.8) is 0 Å². The van der Waals surface area contributed by atoms with Gasteiger partial charge < -0.3 is 65.7 Å². The number of ether oxygens (including phenoxy) is 4. The average Bonchev–Trinajstić information content (AvgIpc) is 4.23. The highest BCUT2D eigenvalue weighted by atomic mass is 31.2. The van der Waals surface area contributed by atoms with Gasteiger partial charge in [-0.1, -0.05) is 0 Å². The van der Waals surface area contributed by atoms with Gasteiger partial charge in [0.1, 0.15) is 85.4 Å². The van der Waals surface area contributed by atoms with E-state index >= 15 is 0 Å². The molecule has 9 rings (SSSR count). The molecule has 0 amide bonds. The maximum Gasteiger partial charge on any atom is 0.472 e. The molecule has 444 valence electrons. The van der Waals surface area contributed by atoms with Crippen molar-refractivity contribution in [2.45, 2.75) is 106 Å². The Labute approximate surface area is 450 Å². The molecule has 81 heavy (non-hydrogen) atoms. The number of nitrogens with zero attached hydrogens (tertiary/aromatic N) is 8. The molecule has 4 fully saturated rings. The molecule has 9 heterocycles. The SMILES string of the molecule is Cc1cn([C@H]2C[C@H](OP(=O)(O)OC[C@H]3O[C@@H](n4ccc(N)nc4=O)C[C@@H]3OP(=O)(O)OC[C@H]3O[C@@H](n4ccc(N)nc4=O)C[C@@H]3OP(=O)(O)O)[C@@H](COP(=O)(O)O[C@H]3C[C@H](n4cnc5c(=O)[nH]c(N)nc54)O[C@@H]3CO)O2)c(=O)[nH]c1=O. The monoisotopic (exact) mass is 1230 g/mol. The number of hydrogen-bond acceptors (Lipinski definition) is 28. The number of nitrogens with one attached hydrogen (secondary N) is 2. The van der Waals surface area contributed by atoms with Gasteiger partial charge in [0.05, 0.1) is 32.8 Å². The molecule has 0 radical (unpaired) electrons. The number of anilines is 3. The first-order valence-corrected chi connectivity index (χ1v) is 29.7. The minimum Gasteiger partial charge on any atom is -0.394 e. The third-order valence-electron chi connectivity index (χ3n) is 12.7. The standard InChI is InChI=1S/C38H51N13O26P4/c1-16-10-50(38(57)47-33(16)53)29-9-20(24(73-29)14-68-79(61,62)75-17-6-30(70-21(17)11-52)51-15-42-31-32(51)45-35(41)46-34(31)54)77-81(65,66)69-13-23-19(8-28(72-23)49-5-3-26(40)44-37(49)56)76-80(63,64)67-12-22-18(74-78(58,59)60)7-27(71-22)48-4-2-25(39)43-36(48)55/h2-5,10,15,17-24,27-30,52H,6-9,11-14H2,1H3,(H,61,62)(H,63,64)(H,65,66)(H2,39,43,55)(H2,40,44,56)(H,47,53,57)(H2,58,59,60)(H3,41,45,46,54)/t17-,18-,19-,20-,21+,22+,23+,24+,27+,28+,29+,30+/m0/s1. The Kier molecular flexibility index (Phi) is 17.5. The Morgan fingerprint density at radius 3 is 1.46 bits per heavy atom. The van der Waals surface area contributed by atoms with E-state index in [4.69, 9.17) is 67.8 Å². The predicted molar refractivity (Wildman–Crippen MR) is 265 cm³/mol. The van der Waals surface area contributed by atoms with Crippen LogP contribution >= 0.6 is 31.3 Å². The van der Waals surface area contributed by atoms with Gasteiger partial charge in [-0.2, -0.15) is 15.0 Å². The number of imidazole rings is 1. The van der Waals surface area contributed by atoms with Crippen LogP contribution in [0, 0.1) is 6.92 Å². The zero-order valence-electron chi connectivity index (χ0n) is 41.5. The van der Waals surface area contributed by atoms with Gasteiger partial charge in [0.2, 0.25) is 5.95 Å². The summed E-state index contributed by atoms with van der Waals surface area (Å²) < 4.78 is 117. The number of aromatic amines is 2. The molecule has 39 nitrogen and oxygen atoms in total. The van der Waals surface area contributed by atoms with Crippen LogP contribution in [0.25, 0.3) is 11.2 Å². The minimum atomic E-state index is -5.46. The van der Waals surface area contributed by atoms with Crippen molar-refractivity contribution in [2.24, 2.45) is 0 Å². The first-order chi connectivity index (χ1) is 38.0. The molecule has 0 spiro atoms. The van der Waals surface area contributed by atoms with E-state index in [0.29, 0.717) is 0 Å². The van der Waals surface area contributed by atoms with Gasteiger partial charge in [-0.05, 0) is 19.1 Å². The van der Waals surface area contributed by atoms with Gasteiger partial charge in [0, 0.05) is 49.8 Å². The number of aromatic nitrogens is 10. The summed E-state index contributed by atoms with van der Waals surface area (Å²) in [6.07, 6.45) is -14.7. The van der Waals surface area contributed by atoms with Crippen LogP contribution in [0.3, 0.4) is 0 Å². The summed E-state index contributed by atoms with van der Waals surface area (Å²) in [6.45, 7) is -2.41. The van der Waals surface area contributed by atoms with Gasteiger partial charge in [-0.3, -0.25) is 69.5 Å². The number of phosphoric acid groups is 4. The van der Waals surface area contributed by atoms with E-state index in [1.165, 1.54) is 36.1 Å². The van der Waals surface area contributed by atoms with Gasteiger partial charge in [-0.15, -0.1) is 0 Å². The molecule has 4 aliphatic heterocycles. The van der Waals surface area contributed by atoms with Crippen LogP contribution in [0.15, 0.2) is 61.0 Å². The molecule has 0 bridgehead atoms. The third-order valence-corrected chi connectivity index (χ3v) is 16.3. The molecule has 43 heteroatoms. The molecular formula is C38H51N13O26P4. The Balaban J connectivity index is 0.891. The summed E-state index contributed by atoms with van der Waals surface area (Å²) in [7, 11) is -21.3. The lowest BCUT2D eigenvalue weighted by molar-refractivity contribution is -0.0636. The van der Waals surface area contributed by atoms with Crippen molar-refractivity contribution in [1.29, 1.82) is 0 Å². The lowest BCUT2D eigenvalue weighted by atomic mass is 10.2. The van der Waals surface area contributed by atoms with Crippen molar-refractivity contribution in [3.05, 3.63) is 94.8 Å². The van der Waals surface area contributed by atoms with Gasteiger partial charge in [0.15, 0.2) is 11.2 Å². The summed E-state index contributed by atoms with van der Waals surface area (Å²) in [5, 5.41) is 10.1. The van der Waals surface area contributed by atoms with Crippen LogP contribution in [0.2, 0.25) is 0 Å². The van der Waals surface area contributed by atoms with Crippen molar-refractivity contribution >= 4 is 60.0 Å². The summed E-state index contributed by atoms with van der Waals surface area (Å²) in [5.41, 5.74) is 12.5. The van der Waals surface area contributed by atoms with Gasteiger partial charge in [0.25, 0.3) is 11.1 Å².